The molecule has 0 saturated heterocycles. The van der Waals surface area contributed by atoms with Crippen molar-refractivity contribution in [3.8, 4) is 0 Å². The predicted octanol–water partition coefficient (Wildman–Crippen LogP) is 4.72. The molecule has 0 radical (unpaired) electrons. The van der Waals surface area contributed by atoms with Crippen molar-refractivity contribution in [3.63, 3.8) is 0 Å². The number of benzene rings is 2. The normalized spacial score (nSPS) is 10.5. The van der Waals surface area contributed by atoms with Gasteiger partial charge in [0, 0.05) is 5.69 Å². The summed E-state index contributed by atoms with van der Waals surface area (Å²) < 4.78 is 14.2. The highest BCUT2D eigenvalue weighted by Gasteiger charge is 2.13. The molecule has 0 aliphatic carbocycles. The van der Waals surface area contributed by atoms with Crippen molar-refractivity contribution in [1.82, 2.24) is 0 Å². The van der Waals surface area contributed by atoms with Crippen LogP contribution in [-0.2, 0) is 17.6 Å². The van der Waals surface area contributed by atoms with E-state index >= 15 is 0 Å². The van der Waals surface area contributed by atoms with Crippen LogP contribution in [0.5, 0.6) is 0 Å². The Labute approximate surface area is 133 Å². The Hall–Kier alpha value is -2.07. The molecule has 0 spiro atoms. The number of nitrogens with one attached hydrogen (secondary N) is 1. The second-order valence-electron chi connectivity index (χ2n) is 5.14. The number of carboxylic acids is 1. The summed E-state index contributed by atoms with van der Waals surface area (Å²) in [6, 6.07) is 8.47. The number of halogens is 2. The molecule has 0 aliphatic heterocycles. The third-order valence-corrected chi connectivity index (χ3v) is 3.67. The van der Waals surface area contributed by atoms with Crippen molar-refractivity contribution in [3.05, 3.63) is 57.9 Å². The largest absolute Gasteiger partial charge is 0.481 e. The van der Waals surface area contributed by atoms with Gasteiger partial charge in [0.25, 0.3) is 0 Å². The Morgan fingerprint density at radius 2 is 2.05 bits per heavy atom. The lowest BCUT2D eigenvalue weighted by Crippen LogP contribution is -2.05. The van der Waals surface area contributed by atoms with Crippen LogP contribution in [0.1, 0.15) is 23.6 Å². The fraction of sp³-hybridized carbons (Fsp3) is 0.235. The molecule has 0 fully saturated rings. The summed E-state index contributed by atoms with van der Waals surface area (Å²) >= 11 is 6.13. The lowest BCUT2D eigenvalue weighted by Gasteiger charge is -2.14. The minimum Gasteiger partial charge on any atom is -0.481 e. The van der Waals surface area contributed by atoms with Gasteiger partial charge in [-0.15, -0.1) is 0 Å². The van der Waals surface area contributed by atoms with Gasteiger partial charge in [0.1, 0.15) is 5.82 Å². The fourth-order valence-corrected chi connectivity index (χ4v) is 2.52. The highest BCUT2D eigenvalue weighted by Crippen LogP contribution is 2.31. The van der Waals surface area contributed by atoms with Crippen LogP contribution in [0.2, 0.25) is 5.02 Å². The zero-order valence-corrected chi connectivity index (χ0v) is 13.2. The number of rotatable bonds is 5. The zero-order chi connectivity index (χ0) is 16.3. The van der Waals surface area contributed by atoms with E-state index in [4.69, 9.17) is 16.7 Å². The number of hydrogen-bond donors (Lipinski definition) is 2. The van der Waals surface area contributed by atoms with Crippen molar-refractivity contribution in [2.75, 3.05) is 5.32 Å². The fourth-order valence-electron chi connectivity index (χ4n) is 2.24. The van der Waals surface area contributed by atoms with E-state index in [9.17, 15) is 9.18 Å². The topological polar surface area (TPSA) is 49.3 Å². The van der Waals surface area contributed by atoms with Gasteiger partial charge in [0.2, 0.25) is 0 Å². The van der Waals surface area contributed by atoms with Crippen LogP contribution in [0.4, 0.5) is 15.8 Å². The summed E-state index contributed by atoms with van der Waals surface area (Å²) in [4.78, 5) is 11.0. The third-order valence-electron chi connectivity index (χ3n) is 3.37. The van der Waals surface area contributed by atoms with Crippen LogP contribution >= 0.6 is 11.6 Å². The van der Waals surface area contributed by atoms with Crippen LogP contribution < -0.4 is 5.32 Å². The van der Waals surface area contributed by atoms with E-state index in [1.165, 1.54) is 6.07 Å². The molecule has 0 amide bonds. The molecule has 0 atom stereocenters. The molecule has 0 unspecified atom stereocenters. The Morgan fingerprint density at radius 3 is 2.64 bits per heavy atom. The maximum atomic E-state index is 14.2. The quantitative estimate of drug-likeness (QED) is 0.837. The van der Waals surface area contributed by atoms with Gasteiger partial charge in [-0.1, -0.05) is 36.2 Å². The van der Waals surface area contributed by atoms with E-state index < -0.39 is 11.8 Å². The van der Waals surface area contributed by atoms with Crippen molar-refractivity contribution in [2.45, 2.75) is 26.7 Å². The standard InChI is InChI=1S/C17H17ClFNO2/c1-3-11-7-13(18)17(14(19)8-11)20-15-5-4-10(2)6-12(15)9-16(21)22/h4-8,20H,3,9H2,1-2H3,(H,21,22). The smallest absolute Gasteiger partial charge is 0.307 e. The van der Waals surface area contributed by atoms with Gasteiger partial charge in [-0.25, -0.2) is 4.39 Å². The minimum absolute atomic E-state index is 0.143. The predicted molar refractivity (Wildman–Crippen MR) is 86.6 cm³/mol. The van der Waals surface area contributed by atoms with Crippen LogP contribution in [-0.4, -0.2) is 11.1 Å². The van der Waals surface area contributed by atoms with Crippen molar-refractivity contribution >= 4 is 28.9 Å². The molecule has 3 nitrogen and oxygen atoms in total. The molecule has 0 saturated carbocycles. The molecule has 2 aromatic carbocycles. The van der Waals surface area contributed by atoms with Gasteiger partial charge in [-0.2, -0.15) is 0 Å². The first-order valence-electron chi connectivity index (χ1n) is 6.97. The van der Waals surface area contributed by atoms with Gasteiger partial charge < -0.3 is 10.4 Å². The third kappa shape index (κ3) is 3.77. The zero-order valence-electron chi connectivity index (χ0n) is 12.4. The molecule has 2 N–H and O–H groups in total. The van der Waals surface area contributed by atoms with Crippen LogP contribution in [0.15, 0.2) is 30.3 Å². The molecule has 0 bridgehead atoms. The summed E-state index contributed by atoms with van der Waals surface area (Å²) in [5.41, 5.74) is 3.03. The second kappa shape index (κ2) is 6.79. The van der Waals surface area contributed by atoms with Crippen LogP contribution in [0.3, 0.4) is 0 Å². The monoisotopic (exact) mass is 321 g/mol. The van der Waals surface area contributed by atoms with Gasteiger partial charge in [0.05, 0.1) is 17.1 Å². The van der Waals surface area contributed by atoms with E-state index in [2.05, 4.69) is 5.32 Å². The van der Waals surface area contributed by atoms with Gasteiger partial charge in [-0.3, -0.25) is 4.79 Å². The van der Waals surface area contributed by atoms with Crippen molar-refractivity contribution < 1.29 is 14.3 Å². The summed E-state index contributed by atoms with van der Waals surface area (Å²) in [5, 5.41) is 12.2. The van der Waals surface area contributed by atoms with Crippen molar-refractivity contribution in [2.24, 2.45) is 0 Å². The van der Waals surface area contributed by atoms with Gasteiger partial charge in [0.15, 0.2) is 0 Å². The molecule has 2 rings (SSSR count). The maximum Gasteiger partial charge on any atom is 0.307 e. The summed E-state index contributed by atoms with van der Waals surface area (Å²) in [5.74, 6) is -1.40. The summed E-state index contributed by atoms with van der Waals surface area (Å²) in [6.07, 6.45) is 0.544. The molecule has 2 aromatic rings. The Bertz CT molecular complexity index is 693. The molecule has 0 aliphatic rings. The first-order valence-corrected chi connectivity index (χ1v) is 7.34. The maximum absolute atomic E-state index is 14.2. The number of carboxylic acid groups (broad SMARTS) is 1. The lowest BCUT2D eigenvalue weighted by atomic mass is 10.1. The number of anilines is 2. The number of aryl methyl sites for hydroxylation is 2. The van der Waals surface area contributed by atoms with E-state index in [1.807, 2.05) is 19.9 Å². The van der Waals surface area contributed by atoms with E-state index in [-0.39, 0.29) is 17.1 Å². The summed E-state index contributed by atoms with van der Waals surface area (Å²) in [6.45, 7) is 3.79. The highest BCUT2D eigenvalue weighted by molar-refractivity contribution is 6.33. The average molecular weight is 322 g/mol. The lowest BCUT2D eigenvalue weighted by molar-refractivity contribution is -0.136. The van der Waals surface area contributed by atoms with Crippen LogP contribution in [0, 0.1) is 12.7 Å². The SMILES string of the molecule is CCc1cc(F)c(Nc2ccc(C)cc2CC(=O)O)c(Cl)c1. The number of hydrogen-bond acceptors (Lipinski definition) is 2. The van der Waals surface area contributed by atoms with Gasteiger partial charge in [-0.05, 0) is 42.7 Å². The van der Waals surface area contributed by atoms with Crippen LogP contribution in [0.25, 0.3) is 0 Å². The van der Waals surface area contributed by atoms with E-state index in [0.29, 0.717) is 17.7 Å². The summed E-state index contributed by atoms with van der Waals surface area (Å²) in [7, 11) is 0. The first kappa shape index (κ1) is 16.3. The average Bonchev–Trinajstić information content (AvgIpc) is 2.43. The minimum atomic E-state index is -0.943. The molecule has 116 valence electrons. The number of carbonyl (C=O) groups is 1. The van der Waals surface area contributed by atoms with Gasteiger partial charge >= 0.3 is 5.97 Å². The molecular formula is C17H17ClFNO2. The number of aliphatic carboxylic acids is 1. The highest BCUT2D eigenvalue weighted by atomic mass is 35.5. The molecular weight excluding hydrogens is 305 g/mol. The van der Waals surface area contributed by atoms with E-state index in [1.54, 1.807) is 18.2 Å². The Kier molecular flexibility index (Phi) is 5.03. The molecule has 5 heteroatoms. The molecule has 22 heavy (non-hydrogen) atoms. The molecule has 0 heterocycles. The Morgan fingerprint density at radius 1 is 1.32 bits per heavy atom. The first-order chi connectivity index (χ1) is 10.4. The van der Waals surface area contributed by atoms with E-state index in [0.717, 1.165) is 11.1 Å². The Balaban J connectivity index is 2.41. The second-order valence-corrected chi connectivity index (χ2v) is 5.55. The molecule has 0 aromatic heterocycles. The van der Waals surface area contributed by atoms with Crippen molar-refractivity contribution in [1.29, 1.82) is 0 Å².